The maximum atomic E-state index is 12.0. The van der Waals surface area contributed by atoms with Crippen molar-refractivity contribution in [2.45, 2.75) is 53.5 Å². The van der Waals surface area contributed by atoms with E-state index in [1.54, 1.807) is 11.3 Å². The van der Waals surface area contributed by atoms with Crippen LogP contribution in [0.15, 0.2) is 35.5 Å². The summed E-state index contributed by atoms with van der Waals surface area (Å²) in [6.45, 7) is 10.4. The van der Waals surface area contributed by atoms with Gasteiger partial charge in [-0.25, -0.2) is 9.98 Å². The molecule has 0 fully saturated rings. The molecule has 1 amide bonds. The average Bonchev–Trinajstić information content (AvgIpc) is 3.13. The highest BCUT2D eigenvalue weighted by molar-refractivity contribution is 7.11. The van der Waals surface area contributed by atoms with Crippen molar-refractivity contribution in [3.8, 4) is 0 Å². The molecule has 0 aliphatic carbocycles. The van der Waals surface area contributed by atoms with Crippen LogP contribution in [-0.4, -0.2) is 29.9 Å². The minimum Gasteiger partial charge on any atom is -0.357 e. The Labute approximate surface area is 178 Å². The van der Waals surface area contributed by atoms with Gasteiger partial charge in [0.05, 0.1) is 11.6 Å². The molecule has 158 valence electrons. The van der Waals surface area contributed by atoms with Crippen LogP contribution in [-0.2, 0) is 24.2 Å². The van der Waals surface area contributed by atoms with E-state index in [0.717, 1.165) is 48.1 Å². The lowest BCUT2D eigenvalue weighted by molar-refractivity contribution is -0.116. The standard InChI is InChI=1S/C22H33N5OS/c1-5-19-15-25-21(29-19)10-11-24-22(23-6-2)26-14-17-8-7-9-18(13-17)27-20(28)12-16(3)4/h7-9,13,15-16H,5-6,10-12,14H2,1-4H3,(H,27,28)(H2,23,24,26). The van der Waals surface area contributed by atoms with Crippen LogP contribution in [0.2, 0.25) is 0 Å². The molecule has 6 nitrogen and oxygen atoms in total. The topological polar surface area (TPSA) is 78.4 Å². The summed E-state index contributed by atoms with van der Waals surface area (Å²) in [6, 6.07) is 7.86. The third-order valence-corrected chi connectivity index (χ3v) is 5.35. The second kappa shape index (κ2) is 12.2. The van der Waals surface area contributed by atoms with Gasteiger partial charge in [-0.05, 0) is 37.0 Å². The Hall–Kier alpha value is -2.41. The van der Waals surface area contributed by atoms with Crippen molar-refractivity contribution in [1.82, 2.24) is 15.6 Å². The fourth-order valence-electron chi connectivity index (χ4n) is 2.76. The first-order chi connectivity index (χ1) is 14.0. The summed E-state index contributed by atoms with van der Waals surface area (Å²) in [5.74, 6) is 1.17. The van der Waals surface area contributed by atoms with Crippen LogP contribution < -0.4 is 16.0 Å². The number of aromatic nitrogens is 1. The molecule has 0 spiro atoms. The van der Waals surface area contributed by atoms with E-state index in [1.807, 2.05) is 44.3 Å². The molecule has 0 radical (unpaired) electrons. The lowest BCUT2D eigenvalue weighted by Gasteiger charge is -2.11. The maximum Gasteiger partial charge on any atom is 0.224 e. The lowest BCUT2D eigenvalue weighted by atomic mass is 10.1. The van der Waals surface area contributed by atoms with Gasteiger partial charge in [0.15, 0.2) is 5.96 Å². The summed E-state index contributed by atoms with van der Waals surface area (Å²) in [5, 5.41) is 10.8. The summed E-state index contributed by atoms with van der Waals surface area (Å²) in [4.78, 5) is 22.4. The zero-order valence-electron chi connectivity index (χ0n) is 17.9. The number of hydrogen-bond acceptors (Lipinski definition) is 4. The number of carbonyl (C=O) groups is 1. The van der Waals surface area contributed by atoms with Crippen molar-refractivity contribution in [3.05, 3.63) is 45.9 Å². The maximum absolute atomic E-state index is 12.0. The Balaban J connectivity index is 1.89. The number of aliphatic imine (C=N–C) groups is 1. The van der Waals surface area contributed by atoms with Crippen LogP contribution in [0.4, 0.5) is 5.69 Å². The molecule has 0 aliphatic rings. The molecule has 2 rings (SSSR count). The van der Waals surface area contributed by atoms with Crippen LogP contribution in [0.5, 0.6) is 0 Å². The molecule has 7 heteroatoms. The van der Waals surface area contributed by atoms with E-state index < -0.39 is 0 Å². The number of carbonyl (C=O) groups excluding carboxylic acids is 1. The van der Waals surface area contributed by atoms with Crippen molar-refractivity contribution >= 4 is 28.9 Å². The second-order valence-corrected chi connectivity index (χ2v) is 8.49. The van der Waals surface area contributed by atoms with E-state index in [4.69, 9.17) is 0 Å². The predicted octanol–water partition coefficient (Wildman–Crippen LogP) is 3.99. The minimum absolute atomic E-state index is 0.0454. The molecule has 0 unspecified atom stereocenters. The smallest absolute Gasteiger partial charge is 0.224 e. The van der Waals surface area contributed by atoms with Crippen LogP contribution in [0.3, 0.4) is 0 Å². The van der Waals surface area contributed by atoms with Crippen molar-refractivity contribution in [2.75, 3.05) is 18.4 Å². The summed E-state index contributed by atoms with van der Waals surface area (Å²) in [6.07, 6.45) is 4.40. The lowest BCUT2D eigenvalue weighted by Crippen LogP contribution is -2.38. The molecule has 0 saturated carbocycles. The zero-order valence-corrected chi connectivity index (χ0v) is 18.7. The van der Waals surface area contributed by atoms with Crippen LogP contribution in [0.25, 0.3) is 0 Å². The van der Waals surface area contributed by atoms with Gasteiger partial charge in [0.25, 0.3) is 0 Å². The van der Waals surface area contributed by atoms with Gasteiger partial charge in [0.2, 0.25) is 5.91 Å². The minimum atomic E-state index is 0.0454. The molecule has 0 atom stereocenters. The fourth-order valence-corrected chi connectivity index (χ4v) is 3.62. The number of amides is 1. The molecule has 3 N–H and O–H groups in total. The van der Waals surface area contributed by atoms with Gasteiger partial charge in [0, 0.05) is 42.7 Å². The highest BCUT2D eigenvalue weighted by atomic mass is 32.1. The number of hydrogen-bond donors (Lipinski definition) is 3. The van der Waals surface area contributed by atoms with E-state index >= 15 is 0 Å². The van der Waals surface area contributed by atoms with Gasteiger partial charge in [-0.3, -0.25) is 4.79 Å². The normalized spacial score (nSPS) is 11.6. The number of aryl methyl sites for hydroxylation is 1. The number of anilines is 1. The number of nitrogens with zero attached hydrogens (tertiary/aromatic N) is 2. The van der Waals surface area contributed by atoms with Crippen LogP contribution >= 0.6 is 11.3 Å². The molecular formula is C22H33N5OS. The third kappa shape index (κ3) is 8.64. The van der Waals surface area contributed by atoms with Crippen molar-refractivity contribution in [2.24, 2.45) is 10.9 Å². The van der Waals surface area contributed by atoms with Crippen LogP contribution in [0.1, 0.15) is 49.6 Å². The van der Waals surface area contributed by atoms with Gasteiger partial charge in [0.1, 0.15) is 0 Å². The summed E-state index contributed by atoms with van der Waals surface area (Å²) in [7, 11) is 0. The monoisotopic (exact) mass is 415 g/mol. The SMILES string of the molecule is CCNC(=NCc1cccc(NC(=O)CC(C)C)c1)NCCc1ncc(CC)s1. The molecular weight excluding hydrogens is 382 g/mol. The summed E-state index contributed by atoms with van der Waals surface area (Å²) >= 11 is 1.77. The first-order valence-corrected chi connectivity index (χ1v) is 11.2. The van der Waals surface area contributed by atoms with Gasteiger partial charge >= 0.3 is 0 Å². The Bertz CT molecular complexity index is 800. The highest BCUT2D eigenvalue weighted by Crippen LogP contribution is 2.14. The van der Waals surface area contributed by atoms with Crippen molar-refractivity contribution < 1.29 is 4.79 Å². The van der Waals surface area contributed by atoms with Gasteiger partial charge in [-0.2, -0.15) is 0 Å². The molecule has 29 heavy (non-hydrogen) atoms. The molecule has 1 heterocycles. The van der Waals surface area contributed by atoms with Crippen molar-refractivity contribution in [3.63, 3.8) is 0 Å². The highest BCUT2D eigenvalue weighted by Gasteiger charge is 2.06. The second-order valence-electron chi connectivity index (χ2n) is 7.29. The van der Waals surface area contributed by atoms with E-state index in [1.165, 1.54) is 4.88 Å². The summed E-state index contributed by atoms with van der Waals surface area (Å²) < 4.78 is 0. The number of thiazole rings is 1. The number of nitrogens with one attached hydrogen (secondary N) is 3. The Morgan fingerprint density at radius 3 is 2.76 bits per heavy atom. The Morgan fingerprint density at radius 2 is 2.07 bits per heavy atom. The number of benzene rings is 1. The molecule has 1 aromatic heterocycles. The average molecular weight is 416 g/mol. The Morgan fingerprint density at radius 1 is 1.24 bits per heavy atom. The number of rotatable bonds is 10. The van der Waals surface area contributed by atoms with E-state index in [9.17, 15) is 4.79 Å². The predicted molar refractivity (Wildman–Crippen MR) is 123 cm³/mol. The van der Waals surface area contributed by atoms with E-state index in [-0.39, 0.29) is 5.91 Å². The van der Waals surface area contributed by atoms with E-state index in [0.29, 0.717) is 18.9 Å². The van der Waals surface area contributed by atoms with Crippen LogP contribution in [0, 0.1) is 5.92 Å². The first-order valence-electron chi connectivity index (χ1n) is 10.3. The number of guanidine groups is 1. The largest absolute Gasteiger partial charge is 0.357 e. The third-order valence-electron chi connectivity index (χ3n) is 4.15. The molecule has 0 bridgehead atoms. The zero-order chi connectivity index (χ0) is 21.1. The fraction of sp³-hybridized carbons (Fsp3) is 0.500. The quantitative estimate of drug-likeness (QED) is 0.405. The molecule has 0 saturated heterocycles. The molecule has 2 aromatic rings. The Kier molecular flexibility index (Phi) is 9.64. The first kappa shape index (κ1) is 22.9. The summed E-state index contributed by atoms with van der Waals surface area (Å²) in [5.41, 5.74) is 1.87. The van der Waals surface area contributed by atoms with Gasteiger partial charge < -0.3 is 16.0 Å². The van der Waals surface area contributed by atoms with E-state index in [2.05, 4.69) is 39.8 Å². The van der Waals surface area contributed by atoms with Crippen molar-refractivity contribution in [1.29, 1.82) is 0 Å². The van der Waals surface area contributed by atoms with Gasteiger partial charge in [-0.15, -0.1) is 11.3 Å². The molecule has 0 aliphatic heterocycles. The molecule has 1 aromatic carbocycles. The van der Waals surface area contributed by atoms with Gasteiger partial charge in [-0.1, -0.05) is 32.9 Å².